The van der Waals surface area contributed by atoms with Gasteiger partial charge in [0.05, 0.1) is 0 Å². The molecular formula is C22H21FN4O. The Morgan fingerprint density at radius 3 is 2.79 bits per heavy atom. The van der Waals surface area contributed by atoms with E-state index in [0.29, 0.717) is 18.1 Å². The molecule has 1 aliphatic rings. The molecule has 0 aliphatic carbocycles. The number of para-hydroxylation sites is 1. The number of nitrogens with one attached hydrogen (secondary N) is 1. The zero-order chi connectivity index (χ0) is 19.5. The van der Waals surface area contributed by atoms with Crippen LogP contribution >= 0.6 is 0 Å². The van der Waals surface area contributed by atoms with Crippen LogP contribution in [-0.4, -0.2) is 28.5 Å². The van der Waals surface area contributed by atoms with E-state index in [9.17, 15) is 9.18 Å². The van der Waals surface area contributed by atoms with Crippen molar-refractivity contribution in [3.63, 3.8) is 0 Å². The minimum Gasteiger partial charge on any atom is -0.370 e. The Labute approximate surface area is 163 Å². The maximum atomic E-state index is 13.1. The average Bonchev–Trinajstić information content (AvgIpc) is 3.05. The van der Waals surface area contributed by atoms with E-state index in [1.807, 2.05) is 25.1 Å². The largest absolute Gasteiger partial charge is 0.370 e. The Balaban J connectivity index is 1.45. The van der Waals surface area contributed by atoms with Crippen molar-refractivity contribution in [1.29, 1.82) is 0 Å². The number of amides is 1. The molecule has 0 spiro atoms. The third kappa shape index (κ3) is 3.71. The van der Waals surface area contributed by atoms with Gasteiger partial charge < -0.3 is 10.2 Å². The highest BCUT2D eigenvalue weighted by Gasteiger charge is 2.31. The summed E-state index contributed by atoms with van der Waals surface area (Å²) >= 11 is 0. The maximum Gasteiger partial charge on any atom is 0.277 e. The van der Waals surface area contributed by atoms with Crippen LogP contribution in [-0.2, 0) is 12.8 Å². The quantitative estimate of drug-likeness (QED) is 0.735. The molecule has 0 radical (unpaired) electrons. The first kappa shape index (κ1) is 18.1. The van der Waals surface area contributed by atoms with E-state index in [-0.39, 0.29) is 17.8 Å². The van der Waals surface area contributed by atoms with E-state index in [2.05, 4.69) is 21.4 Å². The molecule has 2 heterocycles. The van der Waals surface area contributed by atoms with Gasteiger partial charge in [0.2, 0.25) is 0 Å². The molecule has 1 amide bonds. The Kier molecular flexibility index (Phi) is 5.02. The van der Waals surface area contributed by atoms with Gasteiger partial charge in [-0.05, 0) is 49.1 Å². The molecule has 142 valence electrons. The highest BCUT2D eigenvalue weighted by Crippen LogP contribution is 2.32. The van der Waals surface area contributed by atoms with Gasteiger partial charge in [-0.25, -0.2) is 14.4 Å². The number of rotatable bonds is 5. The van der Waals surface area contributed by atoms with Gasteiger partial charge in [0.1, 0.15) is 23.7 Å². The summed E-state index contributed by atoms with van der Waals surface area (Å²) in [6, 6.07) is 16.2. The summed E-state index contributed by atoms with van der Waals surface area (Å²) in [5.74, 6) is 0.232. The lowest BCUT2D eigenvalue weighted by atomic mass is 10.1. The number of carbonyl (C=O) groups excluding carboxylic acids is 1. The summed E-state index contributed by atoms with van der Waals surface area (Å²) in [7, 11) is 0. The summed E-state index contributed by atoms with van der Waals surface area (Å²) in [5.41, 5.74) is 3.52. The highest BCUT2D eigenvalue weighted by molar-refractivity contribution is 6.06. The van der Waals surface area contributed by atoms with Crippen LogP contribution in [0.5, 0.6) is 0 Å². The molecule has 0 saturated carbocycles. The molecule has 5 nitrogen and oxygen atoms in total. The number of fused-ring (bicyclic) bond motifs is 1. The van der Waals surface area contributed by atoms with E-state index in [4.69, 9.17) is 0 Å². The van der Waals surface area contributed by atoms with Crippen molar-refractivity contribution in [2.24, 2.45) is 0 Å². The van der Waals surface area contributed by atoms with Crippen LogP contribution in [0.4, 0.5) is 15.9 Å². The number of nitrogens with zero attached hydrogens (tertiary/aromatic N) is 3. The van der Waals surface area contributed by atoms with Gasteiger partial charge >= 0.3 is 0 Å². The summed E-state index contributed by atoms with van der Waals surface area (Å²) in [6.45, 7) is 2.67. The number of carbonyl (C=O) groups is 1. The molecule has 2 aromatic carbocycles. The lowest BCUT2D eigenvalue weighted by Crippen LogP contribution is -2.36. The van der Waals surface area contributed by atoms with Crippen LogP contribution in [0.3, 0.4) is 0 Å². The van der Waals surface area contributed by atoms with Gasteiger partial charge in [-0.15, -0.1) is 0 Å². The van der Waals surface area contributed by atoms with Crippen molar-refractivity contribution in [2.45, 2.75) is 25.8 Å². The van der Waals surface area contributed by atoms with Gasteiger partial charge in [0.25, 0.3) is 5.91 Å². The van der Waals surface area contributed by atoms with Crippen LogP contribution in [0, 0.1) is 5.82 Å². The van der Waals surface area contributed by atoms with Gasteiger partial charge in [-0.2, -0.15) is 0 Å². The summed E-state index contributed by atoms with van der Waals surface area (Å²) in [5, 5.41) is 3.21. The number of hydrogen-bond donors (Lipinski definition) is 1. The maximum absolute atomic E-state index is 13.1. The van der Waals surface area contributed by atoms with Crippen molar-refractivity contribution in [3.05, 3.63) is 83.6 Å². The third-order valence-corrected chi connectivity index (χ3v) is 4.95. The van der Waals surface area contributed by atoms with Crippen LogP contribution in [0.25, 0.3) is 0 Å². The molecule has 28 heavy (non-hydrogen) atoms. The molecule has 0 saturated heterocycles. The number of halogens is 1. The Bertz CT molecular complexity index is 990. The standard InChI is InChI=1S/C22H21FN4O/c1-15-12-17-4-2-3-5-20(17)27(15)22(28)19-13-21(26-14-25-19)24-11-10-16-6-8-18(23)9-7-16/h2-9,13-15H,10-12H2,1H3,(H,24,25,26). The average molecular weight is 376 g/mol. The molecule has 1 unspecified atom stereocenters. The van der Waals surface area contributed by atoms with E-state index >= 15 is 0 Å². The van der Waals surface area contributed by atoms with Gasteiger partial charge in [0.15, 0.2) is 0 Å². The third-order valence-electron chi connectivity index (χ3n) is 4.95. The molecule has 1 aromatic heterocycles. The van der Waals surface area contributed by atoms with Gasteiger partial charge in [0, 0.05) is 24.3 Å². The molecule has 0 bridgehead atoms. The zero-order valence-electron chi connectivity index (χ0n) is 15.6. The summed E-state index contributed by atoms with van der Waals surface area (Å²) in [6.07, 6.45) is 2.97. The van der Waals surface area contributed by atoms with Gasteiger partial charge in [-0.1, -0.05) is 30.3 Å². The van der Waals surface area contributed by atoms with Crippen LogP contribution in [0.1, 0.15) is 28.5 Å². The minimum absolute atomic E-state index is 0.0924. The summed E-state index contributed by atoms with van der Waals surface area (Å²) in [4.78, 5) is 23.3. The summed E-state index contributed by atoms with van der Waals surface area (Å²) < 4.78 is 13.0. The lowest BCUT2D eigenvalue weighted by molar-refractivity contribution is 0.0976. The molecule has 1 atom stereocenters. The predicted octanol–water partition coefficient (Wildman–Crippen LogP) is 3.86. The zero-order valence-corrected chi connectivity index (χ0v) is 15.6. The Morgan fingerprint density at radius 1 is 1.18 bits per heavy atom. The lowest BCUT2D eigenvalue weighted by Gasteiger charge is -2.22. The smallest absolute Gasteiger partial charge is 0.277 e. The number of hydrogen-bond acceptors (Lipinski definition) is 4. The highest BCUT2D eigenvalue weighted by atomic mass is 19.1. The SMILES string of the molecule is CC1Cc2ccccc2N1C(=O)c1cc(NCCc2ccc(F)cc2)ncn1. The first-order chi connectivity index (χ1) is 13.6. The molecule has 1 aliphatic heterocycles. The fraction of sp³-hybridized carbons (Fsp3) is 0.227. The van der Waals surface area contributed by atoms with Crippen molar-refractivity contribution in [3.8, 4) is 0 Å². The Morgan fingerprint density at radius 2 is 1.96 bits per heavy atom. The van der Waals surface area contributed by atoms with E-state index < -0.39 is 0 Å². The first-order valence-corrected chi connectivity index (χ1v) is 9.33. The van der Waals surface area contributed by atoms with Gasteiger partial charge in [-0.3, -0.25) is 4.79 Å². The molecule has 6 heteroatoms. The first-order valence-electron chi connectivity index (χ1n) is 9.33. The fourth-order valence-corrected chi connectivity index (χ4v) is 3.56. The number of anilines is 2. The minimum atomic E-state index is -0.242. The topological polar surface area (TPSA) is 58.1 Å². The van der Waals surface area contributed by atoms with Crippen molar-refractivity contribution in [1.82, 2.24) is 9.97 Å². The molecule has 1 N–H and O–H groups in total. The fourth-order valence-electron chi connectivity index (χ4n) is 3.56. The van der Waals surface area contributed by atoms with E-state index in [1.54, 1.807) is 23.1 Å². The van der Waals surface area contributed by atoms with E-state index in [0.717, 1.165) is 24.1 Å². The molecule has 3 aromatic rings. The second-order valence-corrected chi connectivity index (χ2v) is 6.95. The van der Waals surface area contributed by atoms with Crippen LogP contribution in [0.2, 0.25) is 0 Å². The van der Waals surface area contributed by atoms with E-state index in [1.165, 1.54) is 24.0 Å². The molecule has 4 rings (SSSR count). The molecular weight excluding hydrogens is 355 g/mol. The van der Waals surface area contributed by atoms with Crippen LogP contribution < -0.4 is 10.2 Å². The monoisotopic (exact) mass is 376 g/mol. The van der Waals surface area contributed by atoms with Crippen LogP contribution in [0.15, 0.2) is 60.9 Å². The normalized spacial score (nSPS) is 15.4. The second-order valence-electron chi connectivity index (χ2n) is 6.95. The predicted molar refractivity (Wildman–Crippen MR) is 107 cm³/mol. The number of aromatic nitrogens is 2. The van der Waals surface area contributed by atoms with Crippen molar-refractivity contribution >= 4 is 17.4 Å². The van der Waals surface area contributed by atoms with Crippen molar-refractivity contribution in [2.75, 3.05) is 16.8 Å². The number of benzene rings is 2. The van der Waals surface area contributed by atoms with Crippen molar-refractivity contribution < 1.29 is 9.18 Å². The Hall–Kier alpha value is -3.28. The molecule has 0 fully saturated rings. The second kappa shape index (κ2) is 7.76.